The molecule has 0 radical (unpaired) electrons. The Hall–Kier alpha value is -2.11. The van der Waals surface area contributed by atoms with Crippen LogP contribution in [0.5, 0.6) is 5.75 Å². The first-order valence-corrected chi connectivity index (χ1v) is 6.45. The fourth-order valence-corrected chi connectivity index (χ4v) is 2.14. The van der Waals surface area contributed by atoms with E-state index in [0.717, 1.165) is 24.4 Å². The van der Waals surface area contributed by atoms with Gasteiger partial charge < -0.3 is 10.2 Å². The molecule has 0 saturated carbocycles. The van der Waals surface area contributed by atoms with Crippen molar-refractivity contribution in [1.82, 2.24) is 9.88 Å². The predicted molar refractivity (Wildman–Crippen MR) is 80.2 cm³/mol. The van der Waals surface area contributed by atoms with Crippen molar-refractivity contribution in [2.75, 3.05) is 19.6 Å². The van der Waals surface area contributed by atoms with Crippen LogP contribution in [0.3, 0.4) is 0 Å². The number of nitrogen functional groups attached to an aromatic ring is 1. The van der Waals surface area contributed by atoms with Gasteiger partial charge in [-0.25, -0.2) is 10.8 Å². The fraction of sp³-hybridized carbons (Fsp3) is 0.267. The van der Waals surface area contributed by atoms with Crippen LogP contribution in [0.15, 0.2) is 42.6 Å². The van der Waals surface area contributed by atoms with Crippen LogP contribution >= 0.6 is 0 Å². The second-order valence-corrected chi connectivity index (χ2v) is 4.68. The molecule has 1 aromatic heterocycles. The molecule has 0 aliphatic rings. The molecular formula is C15H20N4O. The Balaban J connectivity index is 2.03. The first-order valence-electron chi connectivity index (χ1n) is 6.45. The monoisotopic (exact) mass is 272 g/mol. The second-order valence-electron chi connectivity index (χ2n) is 4.68. The summed E-state index contributed by atoms with van der Waals surface area (Å²) in [6.07, 6.45) is 1.75. The number of anilines is 1. The number of nitrogens with zero attached hydrogens (tertiary/aromatic N) is 2. The Morgan fingerprint density at radius 1 is 1.25 bits per heavy atom. The molecule has 0 saturated heterocycles. The van der Waals surface area contributed by atoms with Gasteiger partial charge in [0.2, 0.25) is 0 Å². The summed E-state index contributed by atoms with van der Waals surface area (Å²) in [7, 11) is 3.77. The van der Waals surface area contributed by atoms with Gasteiger partial charge in [0.25, 0.3) is 0 Å². The molecule has 2 rings (SSSR count). The number of nitrogens with two attached hydrogens (primary N) is 1. The molecule has 0 atom stereocenters. The molecule has 5 nitrogen and oxygen atoms in total. The van der Waals surface area contributed by atoms with Crippen LogP contribution < -0.4 is 16.0 Å². The zero-order chi connectivity index (χ0) is 14.4. The maximum absolute atomic E-state index is 5.37. The van der Waals surface area contributed by atoms with E-state index in [1.165, 1.54) is 5.56 Å². The number of methoxy groups -OCH3 is 1. The highest BCUT2D eigenvalue weighted by Crippen LogP contribution is 2.19. The minimum atomic E-state index is 0.674. The van der Waals surface area contributed by atoms with E-state index in [4.69, 9.17) is 10.6 Å². The van der Waals surface area contributed by atoms with Crippen LogP contribution in [-0.2, 0) is 13.1 Å². The van der Waals surface area contributed by atoms with Crippen LogP contribution in [0.25, 0.3) is 0 Å². The topological polar surface area (TPSA) is 63.4 Å². The van der Waals surface area contributed by atoms with Gasteiger partial charge >= 0.3 is 0 Å². The molecule has 1 heterocycles. The van der Waals surface area contributed by atoms with Gasteiger partial charge in [-0.05, 0) is 30.8 Å². The molecule has 0 aliphatic heterocycles. The van der Waals surface area contributed by atoms with Crippen molar-refractivity contribution < 1.29 is 4.74 Å². The molecule has 0 aliphatic carbocycles. The van der Waals surface area contributed by atoms with Gasteiger partial charge in [-0.3, -0.25) is 4.90 Å². The lowest BCUT2D eigenvalue weighted by Gasteiger charge is -2.18. The van der Waals surface area contributed by atoms with Gasteiger partial charge in [0.05, 0.1) is 7.11 Å². The quantitative estimate of drug-likeness (QED) is 0.622. The molecule has 0 spiro atoms. The van der Waals surface area contributed by atoms with Gasteiger partial charge in [0, 0.05) is 24.8 Å². The molecule has 2 aromatic rings. The summed E-state index contributed by atoms with van der Waals surface area (Å²) in [5.41, 5.74) is 4.89. The highest BCUT2D eigenvalue weighted by atomic mass is 16.5. The number of ether oxygens (including phenoxy) is 1. The molecule has 20 heavy (non-hydrogen) atoms. The molecule has 0 unspecified atom stereocenters. The van der Waals surface area contributed by atoms with Gasteiger partial charge in [-0.15, -0.1) is 0 Å². The van der Waals surface area contributed by atoms with Crippen LogP contribution in [0.4, 0.5) is 5.82 Å². The maximum atomic E-state index is 5.37. The van der Waals surface area contributed by atoms with Crippen molar-refractivity contribution in [3.63, 3.8) is 0 Å². The van der Waals surface area contributed by atoms with Gasteiger partial charge in [-0.2, -0.15) is 0 Å². The summed E-state index contributed by atoms with van der Waals surface area (Å²) in [6, 6.07) is 12.0. The van der Waals surface area contributed by atoms with E-state index in [-0.39, 0.29) is 0 Å². The highest BCUT2D eigenvalue weighted by molar-refractivity contribution is 5.36. The van der Waals surface area contributed by atoms with E-state index in [2.05, 4.69) is 28.4 Å². The average Bonchev–Trinajstić information content (AvgIpc) is 2.48. The molecule has 0 bridgehead atoms. The number of hydrogen-bond acceptors (Lipinski definition) is 5. The van der Waals surface area contributed by atoms with Crippen molar-refractivity contribution in [3.8, 4) is 5.75 Å². The highest BCUT2D eigenvalue weighted by Gasteiger charge is 2.06. The minimum Gasteiger partial charge on any atom is -0.496 e. The summed E-state index contributed by atoms with van der Waals surface area (Å²) < 4.78 is 5.37. The summed E-state index contributed by atoms with van der Waals surface area (Å²) in [5.74, 6) is 6.96. The largest absolute Gasteiger partial charge is 0.496 e. The van der Waals surface area contributed by atoms with Crippen LogP contribution in [0.1, 0.15) is 11.1 Å². The lowest BCUT2D eigenvalue weighted by atomic mass is 10.1. The molecule has 3 N–H and O–H groups in total. The third kappa shape index (κ3) is 3.69. The van der Waals surface area contributed by atoms with E-state index in [9.17, 15) is 0 Å². The zero-order valence-corrected chi connectivity index (χ0v) is 11.8. The van der Waals surface area contributed by atoms with Crippen molar-refractivity contribution in [2.24, 2.45) is 5.84 Å². The van der Waals surface area contributed by atoms with E-state index in [0.29, 0.717) is 5.82 Å². The SMILES string of the molecule is COc1ccccc1CN(C)Cc1ccnc(NN)c1. The Morgan fingerprint density at radius 3 is 2.80 bits per heavy atom. The minimum absolute atomic E-state index is 0.674. The van der Waals surface area contributed by atoms with Gasteiger partial charge in [-0.1, -0.05) is 18.2 Å². The van der Waals surface area contributed by atoms with Crippen molar-refractivity contribution in [3.05, 3.63) is 53.7 Å². The Kier molecular flexibility index (Phi) is 4.92. The second kappa shape index (κ2) is 6.88. The smallest absolute Gasteiger partial charge is 0.140 e. The lowest BCUT2D eigenvalue weighted by Crippen LogP contribution is -2.18. The molecule has 0 amide bonds. The van der Waals surface area contributed by atoms with Crippen molar-refractivity contribution in [2.45, 2.75) is 13.1 Å². The van der Waals surface area contributed by atoms with Crippen molar-refractivity contribution >= 4 is 5.82 Å². The Morgan fingerprint density at radius 2 is 2.05 bits per heavy atom. The number of para-hydroxylation sites is 1. The number of aromatic nitrogens is 1. The lowest BCUT2D eigenvalue weighted by molar-refractivity contribution is 0.310. The average molecular weight is 272 g/mol. The van der Waals surface area contributed by atoms with E-state index in [1.54, 1.807) is 13.3 Å². The number of pyridine rings is 1. The molecular weight excluding hydrogens is 252 g/mol. The van der Waals surface area contributed by atoms with E-state index < -0.39 is 0 Å². The summed E-state index contributed by atoms with van der Waals surface area (Å²) >= 11 is 0. The van der Waals surface area contributed by atoms with Crippen LogP contribution in [0.2, 0.25) is 0 Å². The summed E-state index contributed by atoms with van der Waals surface area (Å²) in [6.45, 7) is 1.63. The fourth-order valence-electron chi connectivity index (χ4n) is 2.14. The summed E-state index contributed by atoms with van der Waals surface area (Å²) in [5, 5.41) is 0. The third-order valence-electron chi connectivity index (χ3n) is 3.06. The predicted octanol–water partition coefficient (Wildman–Crippen LogP) is 2.01. The van der Waals surface area contributed by atoms with Gasteiger partial charge in [0.15, 0.2) is 0 Å². The number of hydrogen-bond donors (Lipinski definition) is 2. The van der Waals surface area contributed by atoms with Crippen LogP contribution in [0, 0.1) is 0 Å². The third-order valence-corrected chi connectivity index (χ3v) is 3.06. The maximum Gasteiger partial charge on any atom is 0.140 e. The number of nitrogens with one attached hydrogen (secondary N) is 1. The first-order chi connectivity index (χ1) is 9.72. The molecule has 5 heteroatoms. The number of hydrazine groups is 1. The standard InChI is InChI=1S/C15H20N4O/c1-19(10-12-7-8-17-15(9-12)18-16)11-13-5-3-4-6-14(13)20-2/h3-9H,10-11,16H2,1-2H3,(H,17,18). The number of benzene rings is 1. The Bertz CT molecular complexity index is 559. The summed E-state index contributed by atoms with van der Waals surface area (Å²) in [4.78, 5) is 6.32. The van der Waals surface area contributed by atoms with E-state index >= 15 is 0 Å². The van der Waals surface area contributed by atoms with Crippen molar-refractivity contribution in [1.29, 1.82) is 0 Å². The normalized spacial score (nSPS) is 10.6. The Labute approximate surface area is 119 Å². The van der Waals surface area contributed by atoms with E-state index in [1.807, 2.05) is 30.3 Å². The molecule has 106 valence electrons. The first kappa shape index (κ1) is 14.3. The van der Waals surface area contributed by atoms with Crippen LogP contribution in [-0.4, -0.2) is 24.0 Å². The zero-order valence-electron chi connectivity index (χ0n) is 11.8. The molecule has 0 fully saturated rings. The number of rotatable bonds is 6. The molecule has 1 aromatic carbocycles. The van der Waals surface area contributed by atoms with Gasteiger partial charge in [0.1, 0.15) is 11.6 Å².